The lowest BCUT2D eigenvalue weighted by Gasteiger charge is -2.26. The highest BCUT2D eigenvalue weighted by atomic mass is 32.2. The molecule has 0 aliphatic carbocycles. The molecule has 2 bridgehead atoms. The van der Waals surface area contributed by atoms with E-state index in [1.54, 1.807) is 11.8 Å². The lowest BCUT2D eigenvalue weighted by Crippen LogP contribution is -2.42. The molecule has 2 aliphatic rings. The van der Waals surface area contributed by atoms with Gasteiger partial charge in [-0.15, -0.1) is 11.8 Å². The van der Waals surface area contributed by atoms with E-state index in [2.05, 4.69) is 17.1 Å². The average Bonchev–Trinajstić information content (AvgIpc) is 3.19. The molecule has 1 amide bonds. The van der Waals surface area contributed by atoms with Gasteiger partial charge in [0.05, 0.1) is 24.5 Å². The van der Waals surface area contributed by atoms with E-state index in [9.17, 15) is 4.79 Å². The quantitative estimate of drug-likeness (QED) is 0.881. The van der Waals surface area contributed by atoms with Gasteiger partial charge in [0, 0.05) is 28.5 Å². The highest BCUT2D eigenvalue weighted by molar-refractivity contribution is 8.00. The van der Waals surface area contributed by atoms with Crippen molar-refractivity contribution >= 4 is 28.6 Å². The third kappa shape index (κ3) is 2.01. The molecule has 2 aromatic rings. The van der Waals surface area contributed by atoms with Crippen molar-refractivity contribution in [2.75, 3.05) is 18.9 Å². The summed E-state index contributed by atoms with van der Waals surface area (Å²) in [5, 5.41) is 1.19. The number of carbonyl (C=O) groups is 1. The van der Waals surface area contributed by atoms with Crippen LogP contribution in [0.3, 0.4) is 0 Å². The summed E-state index contributed by atoms with van der Waals surface area (Å²) in [6.45, 7) is 1.49. The Hall–Kier alpha value is -1.46. The van der Waals surface area contributed by atoms with Gasteiger partial charge < -0.3 is 14.6 Å². The Labute approximate surface area is 121 Å². The first-order valence-corrected chi connectivity index (χ1v) is 7.90. The topological polar surface area (TPSA) is 45.3 Å². The fraction of sp³-hybridized carbons (Fsp3) is 0.400. The number of carbonyl (C=O) groups excluding carboxylic acids is 1. The normalized spacial score (nSPS) is 24.7. The maximum atomic E-state index is 12.3. The largest absolute Gasteiger partial charge is 0.374 e. The first-order valence-electron chi connectivity index (χ1n) is 6.91. The van der Waals surface area contributed by atoms with Crippen LogP contribution in [0.2, 0.25) is 0 Å². The fourth-order valence-electron chi connectivity index (χ4n) is 3.09. The lowest BCUT2D eigenvalue weighted by atomic mass is 10.2. The summed E-state index contributed by atoms with van der Waals surface area (Å²) in [5.41, 5.74) is 1.12. The number of hydrogen-bond acceptors (Lipinski definition) is 3. The van der Waals surface area contributed by atoms with Gasteiger partial charge in [-0.2, -0.15) is 0 Å². The molecular weight excluding hydrogens is 272 g/mol. The SMILES string of the molecule is O=C(CSc1c[nH]c2ccccc12)N1CC2CC1CO2. The van der Waals surface area contributed by atoms with Crippen LogP contribution in [0.25, 0.3) is 10.9 Å². The highest BCUT2D eigenvalue weighted by Gasteiger charge is 2.41. The molecule has 0 saturated carbocycles. The lowest BCUT2D eigenvalue weighted by molar-refractivity contribution is -0.132. The van der Waals surface area contributed by atoms with Crippen molar-refractivity contribution in [1.29, 1.82) is 0 Å². The smallest absolute Gasteiger partial charge is 0.233 e. The number of aromatic amines is 1. The molecule has 2 atom stereocenters. The molecule has 3 heterocycles. The molecule has 0 spiro atoms. The van der Waals surface area contributed by atoms with E-state index in [-0.39, 0.29) is 12.0 Å². The van der Waals surface area contributed by atoms with Crippen molar-refractivity contribution in [2.24, 2.45) is 0 Å². The minimum Gasteiger partial charge on any atom is -0.374 e. The fourth-order valence-corrected chi connectivity index (χ4v) is 4.01. The number of hydrogen-bond donors (Lipinski definition) is 1. The summed E-state index contributed by atoms with van der Waals surface area (Å²) in [6.07, 6.45) is 3.28. The average molecular weight is 288 g/mol. The van der Waals surface area contributed by atoms with Crippen LogP contribution < -0.4 is 0 Å². The van der Waals surface area contributed by atoms with Crippen LogP contribution in [-0.2, 0) is 9.53 Å². The summed E-state index contributed by atoms with van der Waals surface area (Å²) < 4.78 is 5.53. The highest BCUT2D eigenvalue weighted by Crippen LogP contribution is 2.31. The van der Waals surface area contributed by atoms with Gasteiger partial charge in [0.15, 0.2) is 0 Å². The summed E-state index contributed by atoms with van der Waals surface area (Å²) in [5.74, 6) is 0.738. The molecule has 20 heavy (non-hydrogen) atoms. The van der Waals surface area contributed by atoms with Crippen molar-refractivity contribution in [3.05, 3.63) is 30.5 Å². The minimum atomic E-state index is 0.232. The number of nitrogens with one attached hydrogen (secondary N) is 1. The number of thioether (sulfide) groups is 1. The molecule has 0 radical (unpaired) electrons. The van der Waals surface area contributed by atoms with Gasteiger partial charge in [0.1, 0.15) is 0 Å². The molecular formula is C15H16N2O2S. The zero-order chi connectivity index (χ0) is 13.5. The van der Waals surface area contributed by atoms with Crippen LogP contribution in [0.4, 0.5) is 0 Å². The molecule has 4 rings (SSSR count). The maximum absolute atomic E-state index is 12.3. The molecule has 2 aliphatic heterocycles. The van der Waals surface area contributed by atoms with Gasteiger partial charge in [-0.1, -0.05) is 18.2 Å². The standard InChI is InChI=1S/C15H16N2O2S/c18-15(17-7-11-5-10(17)8-19-11)9-20-14-6-16-13-4-2-1-3-12(13)14/h1-4,6,10-11,16H,5,7-9H2. The van der Waals surface area contributed by atoms with Gasteiger partial charge in [0.25, 0.3) is 0 Å². The molecule has 1 N–H and O–H groups in total. The predicted octanol–water partition coefficient (Wildman–Crippen LogP) is 2.26. The molecule has 104 valence electrons. The number of nitrogens with zero attached hydrogens (tertiary/aromatic N) is 1. The minimum absolute atomic E-state index is 0.232. The number of likely N-dealkylation sites (tertiary alicyclic amines) is 1. The number of benzene rings is 1. The third-order valence-electron chi connectivity index (χ3n) is 4.12. The Bertz CT molecular complexity index is 654. The molecule has 5 heteroatoms. The number of rotatable bonds is 3. The number of fused-ring (bicyclic) bond motifs is 3. The predicted molar refractivity (Wildman–Crippen MR) is 78.9 cm³/mol. The first-order chi connectivity index (χ1) is 9.81. The van der Waals surface area contributed by atoms with Crippen LogP contribution >= 0.6 is 11.8 Å². The summed E-state index contributed by atoms with van der Waals surface area (Å²) in [6, 6.07) is 8.50. The third-order valence-corrected chi connectivity index (χ3v) is 5.16. The Morgan fingerprint density at radius 1 is 1.45 bits per heavy atom. The molecule has 1 aromatic heterocycles. The van der Waals surface area contributed by atoms with Gasteiger partial charge in [-0.3, -0.25) is 4.79 Å². The van der Waals surface area contributed by atoms with E-state index in [1.807, 2.05) is 23.2 Å². The van der Waals surface area contributed by atoms with Crippen LogP contribution in [0, 0.1) is 0 Å². The van der Waals surface area contributed by atoms with Crippen molar-refractivity contribution < 1.29 is 9.53 Å². The van der Waals surface area contributed by atoms with E-state index in [1.165, 1.54) is 5.39 Å². The van der Waals surface area contributed by atoms with E-state index >= 15 is 0 Å². The van der Waals surface area contributed by atoms with E-state index in [4.69, 9.17) is 4.74 Å². The summed E-state index contributed by atoms with van der Waals surface area (Å²) in [7, 11) is 0. The van der Waals surface area contributed by atoms with E-state index in [0.717, 1.165) is 23.4 Å². The van der Waals surface area contributed by atoms with Crippen molar-refractivity contribution in [3.63, 3.8) is 0 Å². The summed E-state index contributed by atoms with van der Waals surface area (Å²) in [4.78, 5) is 18.7. The van der Waals surface area contributed by atoms with Crippen molar-refractivity contribution in [1.82, 2.24) is 9.88 Å². The number of aromatic nitrogens is 1. The summed E-state index contributed by atoms with van der Waals surface area (Å²) >= 11 is 1.62. The van der Waals surface area contributed by atoms with E-state index in [0.29, 0.717) is 18.4 Å². The Kier molecular flexibility index (Phi) is 2.97. The van der Waals surface area contributed by atoms with Crippen LogP contribution in [0.1, 0.15) is 6.42 Å². The molecule has 1 aromatic carbocycles. The number of morpholine rings is 1. The zero-order valence-corrected chi connectivity index (χ0v) is 11.9. The van der Waals surface area contributed by atoms with Crippen LogP contribution in [0.5, 0.6) is 0 Å². The number of para-hydroxylation sites is 1. The van der Waals surface area contributed by atoms with Crippen LogP contribution in [0.15, 0.2) is 35.4 Å². The van der Waals surface area contributed by atoms with Gasteiger partial charge >= 0.3 is 0 Å². The number of H-pyrrole nitrogens is 1. The maximum Gasteiger partial charge on any atom is 0.233 e. The van der Waals surface area contributed by atoms with Gasteiger partial charge in [0.2, 0.25) is 5.91 Å². The van der Waals surface area contributed by atoms with Gasteiger partial charge in [-0.05, 0) is 12.5 Å². The van der Waals surface area contributed by atoms with Gasteiger partial charge in [-0.25, -0.2) is 0 Å². The number of ether oxygens (including phenoxy) is 1. The monoisotopic (exact) mass is 288 g/mol. The zero-order valence-electron chi connectivity index (χ0n) is 11.0. The van der Waals surface area contributed by atoms with E-state index < -0.39 is 0 Å². The first kappa shape index (κ1) is 12.3. The second kappa shape index (κ2) is 4.82. The van der Waals surface area contributed by atoms with Crippen LogP contribution in [-0.4, -0.2) is 46.8 Å². The Morgan fingerprint density at radius 2 is 2.35 bits per heavy atom. The molecule has 2 saturated heterocycles. The second-order valence-electron chi connectivity index (χ2n) is 5.38. The molecule has 4 nitrogen and oxygen atoms in total. The Morgan fingerprint density at radius 3 is 3.15 bits per heavy atom. The van der Waals surface area contributed by atoms with Crippen molar-refractivity contribution in [3.8, 4) is 0 Å². The molecule has 2 unspecified atom stereocenters. The number of amides is 1. The Balaban J connectivity index is 1.44. The second-order valence-corrected chi connectivity index (χ2v) is 6.40. The van der Waals surface area contributed by atoms with Crippen molar-refractivity contribution in [2.45, 2.75) is 23.5 Å². The molecule has 2 fully saturated rings.